The van der Waals surface area contributed by atoms with Gasteiger partial charge >= 0.3 is 0 Å². The first kappa shape index (κ1) is 14.1. The van der Waals surface area contributed by atoms with Crippen LogP contribution < -0.4 is 4.74 Å². The summed E-state index contributed by atoms with van der Waals surface area (Å²) in [7, 11) is 0. The van der Waals surface area contributed by atoms with Gasteiger partial charge in [-0.3, -0.25) is 4.79 Å². The highest BCUT2D eigenvalue weighted by Gasteiger charge is 2.10. The van der Waals surface area contributed by atoms with E-state index < -0.39 is 0 Å². The highest BCUT2D eigenvalue weighted by molar-refractivity contribution is 9.10. The summed E-state index contributed by atoms with van der Waals surface area (Å²) in [6.45, 7) is 3.42. The van der Waals surface area contributed by atoms with E-state index in [1.807, 2.05) is 19.1 Å². The largest absolute Gasteiger partial charge is 0.457 e. The summed E-state index contributed by atoms with van der Waals surface area (Å²) in [6.07, 6.45) is 0. The lowest BCUT2D eigenvalue weighted by Crippen LogP contribution is -1.97. The van der Waals surface area contributed by atoms with Crippen LogP contribution >= 0.6 is 27.5 Å². The van der Waals surface area contributed by atoms with Crippen molar-refractivity contribution in [3.8, 4) is 11.5 Å². The number of hydrogen-bond donors (Lipinski definition) is 0. The SMILES string of the molecule is CC(=O)c1ccc(Br)cc1Oc1ccc(Cl)c(C)c1. The lowest BCUT2D eigenvalue weighted by atomic mass is 10.1. The second-order valence-electron chi connectivity index (χ2n) is 4.21. The zero-order valence-corrected chi connectivity index (χ0v) is 12.9. The van der Waals surface area contributed by atoms with Crippen molar-refractivity contribution in [2.45, 2.75) is 13.8 Å². The van der Waals surface area contributed by atoms with Crippen LogP contribution in [0.1, 0.15) is 22.8 Å². The number of hydrogen-bond acceptors (Lipinski definition) is 2. The summed E-state index contributed by atoms with van der Waals surface area (Å²) in [5.41, 5.74) is 1.48. The van der Waals surface area contributed by atoms with Crippen LogP contribution in [0.5, 0.6) is 11.5 Å². The zero-order chi connectivity index (χ0) is 14.0. The van der Waals surface area contributed by atoms with E-state index in [0.717, 1.165) is 10.0 Å². The summed E-state index contributed by atoms with van der Waals surface area (Å²) in [5, 5.41) is 0.688. The molecule has 19 heavy (non-hydrogen) atoms. The van der Waals surface area contributed by atoms with Crippen molar-refractivity contribution in [3.63, 3.8) is 0 Å². The standard InChI is InChI=1S/C15H12BrClO2/c1-9-7-12(4-6-14(9)17)19-15-8-11(16)3-5-13(15)10(2)18/h3-8H,1-2H3. The fraction of sp³-hybridized carbons (Fsp3) is 0.133. The highest BCUT2D eigenvalue weighted by atomic mass is 79.9. The van der Waals surface area contributed by atoms with Gasteiger partial charge in [-0.2, -0.15) is 0 Å². The maximum Gasteiger partial charge on any atom is 0.163 e. The maximum atomic E-state index is 11.6. The van der Waals surface area contributed by atoms with Gasteiger partial charge in [-0.1, -0.05) is 27.5 Å². The average molecular weight is 340 g/mol. The summed E-state index contributed by atoms with van der Waals surface area (Å²) in [6, 6.07) is 10.7. The molecule has 2 nitrogen and oxygen atoms in total. The van der Waals surface area contributed by atoms with Crippen LogP contribution in [-0.2, 0) is 0 Å². The van der Waals surface area contributed by atoms with Crippen LogP contribution in [0.25, 0.3) is 0 Å². The molecule has 0 unspecified atom stereocenters. The Balaban J connectivity index is 2.39. The Morgan fingerprint density at radius 2 is 1.95 bits per heavy atom. The molecule has 2 aromatic rings. The Morgan fingerprint density at radius 1 is 1.21 bits per heavy atom. The fourth-order valence-electron chi connectivity index (χ4n) is 1.68. The molecule has 0 N–H and O–H groups in total. The number of halogens is 2. The van der Waals surface area contributed by atoms with E-state index in [1.165, 1.54) is 6.92 Å². The van der Waals surface area contributed by atoms with Crippen molar-refractivity contribution in [1.82, 2.24) is 0 Å². The van der Waals surface area contributed by atoms with Crippen molar-refractivity contribution >= 4 is 33.3 Å². The molecule has 0 amide bonds. The number of rotatable bonds is 3. The lowest BCUT2D eigenvalue weighted by Gasteiger charge is -2.11. The Bertz CT molecular complexity index is 638. The minimum atomic E-state index is -0.0341. The molecule has 0 atom stereocenters. The summed E-state index contributed by atoms with van der Waals surface area (Å²) < 4.78 is 6.64. The van der Waals surface area contributed by atoms with Crippen LogP contribution in [0, 0.1) is 6.92 Å². The zero-order valence-electron chi connectivity index (χ0n) is 10.5. The van der Waals surface area contributed by atoms with E-state index in [1.54, 1.807) is 24.3 Å². The molecule has 0 aliphatic carbocycles. The topological polar surface area (TPSA) is 26.3 Å². The second-order valence-corrected chi connectivity index (χ2v) is 5.53. The van der Waals surface area contributed by atoms with E-state index >= 15 is 0 Å². The molecule has 0 saturated carbocycles. The van der Waals surface area contributed by atoms with E-state index in [2.05, 4.69) is 15.9 Å². The van der Waals surface area contributed by atoms with Gasteiger partial charge in [0.05, 0.1) is 5.56 Å². The number of benzene rings is 2. The first-order chi connectivity index (χ1) is 8.97. The lowest BCUT2D eigenvalue weighted by molar-refractivity contribution is 0.101. The minimum absolute atomic E-state index is 0.0341. The molecule has 4 heteroatoms. The molecule has 0 spiro atoms. The first-order valence-corrected chi connectivity index (χ1v) is 6.89. The number of ether oxygens (including phenoxy) is 1. The highest BCUT2D eigenvalue weighted by Crippen LogP contribution is 2.30. The molecule has 2 aromatic carbocycles. The Hall–Kier alpha value is -1.32. The minimum Gasteiger partial charge on any atom is -0.457 e. The molecule has 0 fully saturated rings. The van der Waals surface area contributed by atoms with Gasteiger partial charge in [0, 0.05) is 9.50 Å². The molecule has 98 valence electrons. The van der Waals surface area contributed by atoms with E-state index in [4.69, 9.17) is 16.3 Å². The molecule has 0 radical (unpaired) electrons. The summed E-state index contributed by atoms with van der Waals surface area (Å²) >= 11 is 9.35. The van der Waals surface area contributed by atoms with Crippen LogP contribution in [-0.4, -0.2) is 5.78 Å². The van der Waals surface area contributed by atoms with Crippen molar-refractivity contribution < 1.29 is 9.53 Å². The van der Waals surface area contributed by atoms with Crippen molar-refractivity contribution in [3.05, 3.63) is 57.0 Å². The third kappa shape index (κ3) is 3.37. The Kier molecular flexibility index (Phi) is 4.27. The fourth-order valence-corrected chi connectivity index (χ4v) is 2.14. The van der Waals surface area contributed by atoms with Gasteiger partial charge in [0.15, 0.2) is 5.78 Å². The second kappa shape index (κ2) is 5.76. The number of ketones is 1. The van der Waals surface area contributed by atoms with Gasteiger partial charge < -0.3 is 4.74 Å². The molecule has 0 aliphatic heterocycles. The number of Topliss-reactive ketones (excluding diaryl/α,β-unsaturated/α-hetero) is 1. The predicted octanol–water partition coefficient (Wildman–Crippen LogP) is 5.41. The van der Waals surface area contributed by atoms with E-state index in [9.17, 15) is 4.79 Å². The van der Waals surface area contributed by atoms with Crippen LogP contribution in [0.3, 0.4) is 0 Å². The van der Waals surface area contributed by atoms with Gasteiger partial charge in [0.2, 0.25) is 0 Å². The Morgan fingerprint density at radius 3 is 2.58 bits per heavy atom. The Labute approximate surface area is 125 Å². The molecule has 0 heterocycles. The monoisotopic (exact) mass is 338 g/mol. The normalized spacial score (nSPS) is 10.3. The van der Waals surface area contributed by atoms with Crippen molar-refractivity contribution in [2.24, 2.45) is 0 Å². The van der Waals surface area contributed by atoms with E-state index in [-0.39, 0.29) is 5.78 Å². The van der Waals surface area contributed by atoms with Crippen LogP contribution in [0.15, 0.2) is 40.9 Å². The summed E-state index contributed by atoms with van der Waals surface area (Å²) in [5.74, 6) is 1.15. The van der Waals surface area contributed by atoms with Crippen LogP contribution in [0.2, 0.25) is 5.02 Å². The third-order valence-corrected chi connectivity index (χ3v) is 3.60. The molecule has 0 aromatic heterocycles. The first-order valence-electron chi connectivity index (χ1n) is 5.72. The van der Waals surface area contributed by atoms with Gasteiger partial charge in [0.25, 0.3) is 0 Å². The summed E-state index contributed by atoms with van der Waals surface area (Å²) in [4.78, 5) is 11.6. The van der Waals surface area contributed by atoms with Gasteiger partial charge in [0.1, 0.15) is 11.5 Å². The number of carbonyl (C=O) groups excluding carboxylic acids is 1. The van der Waals surface area contributed by atoms with Gasteiger partial charge in [-0.05, 0) is 55.8 Å². The number of aryl methyl sites for hydroxylation is 1. The maximum absolute atomic E-state index is 11.6. The predicted molar refractivity (Wildman–Crippen MR) is 80.4 cm³/mol. The van der Waals surface area contributed by atoms with Gasteiger partial charge in [-0.15, -0.1) is 0 Å². The van der Waals surface area contributed by atoms with Gasteiger partial charge in [-0.25, -0.2) is 0 Å². The van der Waals surface area contributed by atoms with Crippen LogP contribution in [0.4, 0.5) is 0 Å². The van der Waals surface area contributed by atoms with E-state index in [0.29, 0.717) is 22.1 Å². The third-order valence-electron chi connectivity index (χ3n) is 2.68. The molecule has 2 rings (SSSR count). The van der Waals surface area contributed by atoms with Crippen molar-refractivity contribution in [2.75, 3.05) is 0 Å². The quantitative estimate of drug-likeness (QED) is 0.699. The molecular formula is C15H12BrClO2. The average Bonchev–Trinajstić information content (AvgIpc) is 2.33. The molecule has 0 aliphatic rings. The van der Waals surface area contributed by atoms with Crippen molar-refractivity contribution in [1.29, 1.82) is 0 Å². The molecule has 0 saturated heterocycles. The molecule has 0 bridgehead atoms. The smallest absolute Gasteiger partial charge is 0.163 e. The number of carbonyl (C=O) groups is 1. The molecular weight excluding hydrogens is 328 g/mol.